The van der Waals surface area contributed by atoms with Crippen molar-refractivity contribution in [1.29, 1.82) is 0 Å². The summed E-state index contributed by atoms with van der Waals surface area (Å²) in [5.41, 5.74) is 15.7. The third-order valence-electron chi connectivity index (χ3n) is 11.3. The summed E-state index contributed by atoms with van der Waals surface area (Å²) < 4.78 is 0. The normalized spacial score (nSPS) is 13.1. The van der Waals surface area contributed by atoms with E-state index >= 15 is 0 Å². The molecule has 2 aliphatic rings. The molecule has 1 aromatic heterocycles. The fourth-order valence-electron chi connectivity index (χ4n) is 8.92. The fraction of sp³-hybridized carbons (Fsp3) is 0.0192. The maximum atomic E-state index is 5.04. The number of rotatable bonds is 5. The van der Waals surface area contributed by atoms with Crippen LogP contribution in [0.3, 0.4) is 0 Å². The second-order valence-electron chi connectivity index (χ2n) is 14.4. The summed E-state index contributed by atoms with van der Waals surface area (Å²) in [7, 11) is 0. The molecule has 4 nitrogen and oxygen atoms in total. The highest BCUT2D eigenvalue weighted by Crippen LogP contribution is 2.63. The Labute approximate surface area is 326 Å². The van der Waals surface area contributed by atoms with E-state index in [1.54, 1.807) is 0 Å². The van der Waals surface area contributed by atoms with Crippen molar-refractivity contribution >= 4 is 17.1 Å². The van der Waals surface area contributed by atoms with Crippen LogP contribution in [0.5, 0.6) is 0 Å². The van der Waals surface area contributed by atoms with Gasteiger partial charge < -0.3 is 4.90 Å². The van der Waals surface area contributed by atoms with Crippen molar-refractivity contribution < 1.29 is 0 Å². The molecule has 4 heteroatoms. The van der Waals surface area contributed by atoms with Crippen molar-refractivity contribution in [2.45, 2.75) is 5.41 Å². The van der Waals surface area contributed by atoms with E-state index in [1.807, 2.05) is 60.7 Å². The van der Waals surface area contributed by atoms with Gasteiger partial charge in [-0.05, 0) is 74.8 Å². The highest BCUT2D eigenvalue weighted by Gasteiger charge is 2.51. The minimum Gasteiger partial charge on any atom is -0.310 e. The summed E-state index contributed by atoms with van der Waals surface area (Å²) >= 11 is 0. The van der Waals surface area contributed by atoms with Gasteiger partial charge in [0.25, 0.3) is 0 Å². The molecule has 0 amide bonds. The van der Waals surface area contributed by atoms with E-state index < -0.39 is 5.41 Å². The van der Waals surface area contributed by atoms with Crippen LogP contribution >= 0.6 is 0 Å². The Hall–Kier alpha value is -7.43. The van der Waals surface area contributed by atoms with E-state index in [2.05, 4.69) is 150 Å². The molecule has 0 saturated carbocycles. The lowest BCUT2D eigenvalue weighted by Crippen LogP contribution is -2.36. The number of benzene rings is 8. The standard InChI is InChI=1S/C52H34N4/c1-4-17-35(18-5-1)49-53-50(36-19-6-2-7-20-36)55-51(54-49)39-22-16-21-37(33-39)38-31-32-46-48(34-38)56(40-23-8-3-9-24-40)47-30-15-14-29-45(47)52(46)43-27-12-10-25-41(43)42-26-11-13-28-44(42)52/h1-34H. The molecule has 0 atom stereocenters. The van der Waals surface area contributed by atoms with Crippen molar-refractivity contribution in [2.75, 3.05) is 4.90 Å². The van der Waals surface area contributed by atoms with Gasteiger partial charge in [0.15, 0.2) is 17.5 Å². The van der Waals surface area contributed by atoms with Crippen LogP contribution in [0.2, 0.25) is 0 Å². The first kappa shape index (κ1) is 32.0. The number of anilines is 3. The van der Waals surface area contributed by atoms with Gasteiger partial charge in [-0.25, -0.2) is 15.0 Å². The van der Waals surface area contributed by atoms with Gasteiger partial charge in [-0.2, -0.15) is 0 Å². The summed E-state index contributed by atoms with van der Waals surface area (Å²) in [5.74, 6) is 1.93. The Balaban J connectivity index is 1.12. The van der Waals surface area contributed by atoms with Gasteiger partial charge in [0.05, 0.1) is 16.8 Å². The minimum atomic E-state index is -0.489. The lowest BCUT2D eigenvalue weighted by molar-refractivity contribution is 0.753. The topological polar surface area (TPSA) is 41.9 Å². The van der Waals surface area contributed by atoms with Gasteiger partial charge in [-0.3, -0.25) is 0 Å². The molecule has 1 aliphatic carbocycles. The number of aromatic nitrogens is 3. The smallest absolute Gasteiger partial charge is 0.164 e. The van der Waals surface area contributed by atoms with Crippen molar-refractivity contribution in [3.05, 3.63) is 229 Å². The van der Waals surface area contributed by atoms with Crippen LogP contribution in [-0.4, -0.2) is 15.0 Å². The van der Waals surface area contributed by atoms with E-state index in [0.29, 0.717) is 17.5 Å². The number of hydrogen-bond donors (Lipinski definition) is 0. The van der Waals surface area contributed by atoms with Crippen LogP contribution in [0.25, 0.3) is 56.4 Å². The van der Waals surface area contributed by atoms with Gasteiger partial charge >= 0.3 is 0 Å². The molecule has 0 N–H and O–H groups in total. The number of para-hydroxylation sites is 2. The number of hydrogen-bond acceptors (Lipinski definition) is 4. The molecule has 1 spiro atoms. The lowest BCUT2D eigenvalue weighted by atomic mass is 9.64. The molecule has 9 aromatic rings. The van der Waals surface area contributed by atoms with E-state index in [1.165, 1.54) is 39.1 Å². The average molecular weight is 715 g/mol. The highest BCUT2D eigenvalue weighted by atomic mass is 15.2. The summed E-state index contributed by atoms with van der Waals surface area (Å²) in [4.78, 5) is 17.4. The molecule has 0 bridgehead atoms. The third kappa shape index (κ3) is 4.89. The minimum absolute atomic E-state index is 0.489. The summed E-state index contributed by atoms with van der Waals surface area (Å²) in [6, 6.07) is 73.5. The fourth-order valence-corrected chi connectivity index (χ4v) is 8.92. The molecule has 0 saturated heterocycles. The Morgan fingerprint density at radius 2 is 0.750 bits per heavy atom. The second kappa shape index (κ2) is 12.9. The monoisotopic (exact) mass is 714 g/mol. The van der Waals surface area contributed by atoms with Crippen molar-refractivity contribution in [3.63, 3.8) is 0 Å². The SMILES string of the molecule is c1ccc(-c2nc(-c3ccccc3)nc(-c3cccc(-c4ccc5c(c4)N(c4ccccc4)c4ccccc4C54c5ccccc5-c5ccccc54)c3)n2)cc1. The van der Waals surface area contributed by atoms with Crippen LogP contribution in [-0.2, 0) is 5.41 Å². The zero-order valence-electron chi connectivity index (χ0n) is 30.4. The predicted molar refractivity (Wildman–Crippen MR) is 227 cm³/mol. The molecule has 1 aliphatic heterocycles. The molecule has 0 fully saturated rings. The number of nitrogens with zero attached hydrogens (tertiary/aromatic N) is 4. The number of fused-ring (bicyclic) bond motifs is 9. The Bertz CT molecular complexity index is 2820. The molecule has 11 rings (SSSR count). The van der Waals surface area contributed by atoms with Gasteiger partial charge in [0.2, 0.25) is 0 Å². The first-order chi connectivity index (χ1) is 27.8. The largest absolute Gasteiger partial charge is 0.310 e. The Morgan fingerprint density at radius 1 is 0.304 bits per heavy atom. The first-order valence-electron chi connectivity index (χ1n) is 19.0. The summed E-state index contributed by atoms with van der Waals surface area (Å²) in [5, 5.41) is 0. The van der Waals surface area contributed by atoms with Crippen molar-refractivity contribution in [2.24, 2.45) is 0 Å². The Kier molecular flexibility index (Phi) is 7.36. The average Bonchev–Trinajstić information content (AvgIpc) is 3.58. The molecule has 0 radical (unpaired) electrons. The molecule has 2 heterocycles. The second-order valence-corrected chi connectivity index (χ2v) is 14.4. The van der Waals surface area contributed by atoms with E-state index in [0.717, 1.165) is 39.2 Å². The molecule has 8 aromatic carbocycles. The van der Waals surface area contributed by atoms with E-state index in [-0.39, 0.29) is 0 Å². The molecule has 56 heavy (non-hydrogen) atoms. The van der Waals surface area contributed by atoms with Crippen LogP contribution < -0.4 is 4.90 Å². The molecule has 0 unspecified atom stereocenters. The summed E-state index contributed by atoms with van der Waals surface area (Å²) in [6.45, 7) is 0. The summed E-state index contributed by atoms with van der Waals surface area (Å²) in [6.07, 6.45) is 0. The lowest BCUT2D eigenvalue weighted by Gasteiger charge is -2.45. The van der Waals surface area contributed by atoms with E-state index in [4.69, 9.17) is 15.0 Å². The molecular formula is C52H34N4. The van der Waals surface area contributed by atoms with Crippen LogP contribution in [0, 0.1) is 0 Å². The predicted octanol–water partition coefficient (Wildman–Crippen LogP) is 12.7. The zero-order valence-corrected chi connectivity index (χ0v) is 30.4. The van der Waals surface area contributed by atoms with E-state index in [9.17, 15) is 0 Å². The van der Waals surface area contributed by atoms with Gasteiger partial charge in [-0.15, -0.1) is 0 Å². The van der Waals surface area contributed by atoms with Crippen LogP contribution in [0.4, 0.5) is 17.1 Å². The zero-order chi connectivity index (χ0) is 37.1. The maximum absolute atomic E-state index is 5.04. The molecule has 262 valence electrons. The maximum Gasteiger partial charge on any atom is 0.164 e. The highest BCUT2D eigenvalue weighted by molar-refractivity contribution is 5.96. The van der Waals surface area contributed by atoms with Crippen molar-refractivity contribution in [3.8, 4) is 56.4 Å². The van der Waals surface area contributed by atoms with Crippen molar-refractivity contribution in [1.82, 2.24) is 15.0 Å². The third-order valence-corrected chi connectivity index (χ3v) is 11.3. The van der Waals surface area contributed by atoms with Crippen LogP contribution in [0.15, 0.2) is 206 Å². The Morgan fingerprint density at radius 3 is 1.38 bits per heavy atom. The van der Waals surface area contributed by atoms with Gasteiger partial charge in [0.1, 0.15) is 0 Å². The molecular weight excluding hydrogens is 681 g/mol. The quantitative estimate of drug-likeness (QED) is 0.178. The first-order valence-corrected chi connectivity index (χ1v) is 19.0. The van der Waals surface area contributed by atoms with Gasteiger partial charge in [0, 0.05) is 22.4 Å². The van der Waals surface area contributed by atoms with Gasteiger partial charge in [-0.1, -0.05) is 176 Å². The van der Waals surface area contributed by atoms with Crippen LogP contribution in [0.1, 0.15) is 22.3 Å².